The van der Waals surface area contributed by atoms with Crippen LogP contribution in [0.3, 0.4) is 0 Å². The summed E-state index contributed by atoms with van der Waals surface area (Å²) in [6.45, 7) is 1.84. The van der Waals surface area contributed by atoms with E-state index in [1.807, 2.05) is 6.92 Å². The Labute approximate surface area is 97.9 Å². The number of amides is 1. The lowest BCUT2D eigenvalue weighted by Crippen LogP contribution is -2.15. The average Bonchev–Trinajstić information content (AvgIpc) is 2.64. The van der Waals surface area contributed by atoms with E-state index in [4.69, 9.17) is 0 Å². The van der Waals surface area contributed by atoms with Gasteiger partial charge in [0.05, 0.1) is 5.56 Å². The van der Waals surface area contributed by atoms with E-state index in [0.717, 1.165) is 5.56 Å². The van der Waals surface area contributed by atoms with Gasteiger partial charge in [0.2, 0.25) is 5.95 Å². The van der Waals surface area contributed by atoms with E-state index in [0.29, 0.717) is 5.95 Å². The molecular formula is C11H12N4O2. The molecule has 0 unspecified atom stereocenters. The number of rotatable bonds is 2. The number of aryl methyl sites for hydroxylation is 2. The summed E-state index contributed by atoms with van der Waals surface area (Å²) in [4.78, 5) is 15.7. The topological polar surface area (TPSA) is 80.0 Å². The van der Waals surface area contributed by atoms with Crippen LogP contribution in [0.4, 0.5) is 5.95 Å². The first kappa shape index (κ1) is 11.1. The maximum atomic E-state index is 11.8. The van der Waals surface area contributed by atoms with E-state index >= 15 is 0 Å². The van der Waals surface area contributed by atoms with Crippen molar-refractivity contribution in [1.29, 1.82) is 0 Å². The molecule has 0 radical (unpaired) electrons. The van der Waals surface area contributed by atoms with Gasteiger partial charge >= 0.3 is 0 Å². The molecule has 0 atom stereocenters. The molecule has 2 N–H and O–H groups in total. The molecule has 0 aliphatic rings. The number of nitrogens with zero attached hydrogens (tertiary/aromatic N) is 3. The molecule has 1 aromatic carbocycles. The van der Waals surface area contributed by atoms with Gasteiger partial charge in [-0.15, -0.1) is 0 Å². The van der Waals surface area contributed by atoms with Crippen LogP contribution in [0.5, 0.6) is 5.75 Å². The molecule has 0 spiro atoms. The second kappa shape index (κ2) is 4.25. The van der Waals surface area contributed by atoms with Gasteiger partial charge in [0, 0.05) is 7.05 Å². The summed E-state index contributed by atoms with van der Waals surface area (Å²) in [7, 11) is 1.66. The Bertz CT molecular complexity index is 562. The molecule has 1 aromatic heterocycles. The molecule has 1 amide bonds. The van der Waals surface area contributed by atoms with Crippen molar-refractivity contribution in [1.82, 2.24) is 14.8 Å². The van der Waals surface area contributed by atoms with E-state index in [2.05, 4.69) is 15.4 Å². The lowest BCUT2D eigenvalue weighted by atomic mass is 10.1. The van der Waals surface area contributed by atoms with E-state index < -0.39 is 5.91 Å². The Balaban J connectivity index is 2.23. The van der Waals surface area contributed by atoms with Crippen LogP contribution in [0.2, 0.25) is 0 Å². The van der Waals surface area contributed by atoms with Crippen LogP contribution >= 0.6 is 0 Å². The second-order valence-electron chi connectivity index (χ2n) is 3.68. The Morgan fingerprint density at radius 3 is 2.82 bits per heavy atom. The minimum absolute atomic E-state index is 0.0512. The molecule has 0 aliphatic carbocycles. The quantitative estimate of drug-likeness (QED) is 0.812. The van der Waals surface area contributed by atoms with Gasteiger partial charge in [-0.1, -0.05) is 6.07 Å². The summed E-state index contributed by atoms with van der Waals surface area (Å²) >= 11 is 0. The highest BCUT2D eigenvalue weighted by Gasteiger charge is 2.13. The van der Waals surface area contributed by atoms with Crippen molar-refractivity contribution in [3.8, 4) is 5.75 Å². The summed E-state index contributed by atoms with van der Waals surface area (Å²) in [5.41, 5.74) is 1.09. The highest BCUT2D eigenvalue weighted by Crippen LogP contribution is 2.19. The van der Waals surface area contributed by atoms with Crippen molar-refractivity contribution in [2.45, 2.75) is 6.92 Å². The number of phenolic OH excluding ortho intramolecular Hbond substituents is 1. The molecule has 2 rings (SSSR count). The number of hydrogen-bond acceptors (Lipinski definition) is 4. The first-order chi connectivity index (χ1) is 8.08. The van der Waals surface area contributed by atoms with Gasteiger partial charge in [-0.2, -0.15) is 10.1 Å². The third-order valence-corrected chi connectivity index (χ3v) is 2.33. The van der Waals surface area contributed by atoms with Crippen molar-refractivity contribution in [2.24, 2.45) is 7.05 Å². The second-order valence-corrected chi connectivity index (χ2v) is 3.68. The minimum Gasteiger partial charge on any atom is -0.507 e. The lowest BCUT2D eigenvalue weighted by Gasteiger charge is -2.06. The number of aromatic nitrogens is 3. The standard InChI is InChI=1S/C11H12N4O2/c1-7-3-4-8(9(16)5-7)10(17)14-11-12-6-13-15(11)2/h3-6,16H,1-2H3,(H,12,13,14,17). The van der Waals surface area contributed by atoms with Crippen LogP contribution < -0.4 is 5.32 Å². The van der Waals surface area contributed by atoms with Gasteiger partial charge in [0.15, 0.2) is 0 Å². The maximum absolute atomic E-state index is 11.8. The summed E-state index contributed by atoms with van der Waals surface area (Å²) in [5, 5.41) is 16.0. The molecule has 0 fully saturated rings. The van der Waals surface area contributed by atoms with E-state index in [1.165, 1.54) is 17.1 Å². The highest BCUT2D eigenvalue weighted by atomic mass is 16.3. The zero-order chi connectivity index (χ0) is 12.4. The number of hydrogen-bond donors (Lipinski definition) is 2. The number of nitrogens with one attached hydrogen (secondary N) is 1. The van der Waals surface area contributed by atoms with Gasteiger partial charge in [-0.3, -0.25) is 10.1 Å². The molecule has 88 valence electrons. The summed E-state index contributed by atoms with van der Waals surface area (Å²) in [6, 6.07) is 4.85. The number of carbonyl (C=O) groups excluding carboxylic acids is 1. The predicted molar refractivity (Wildman–Crippen MR) is 61.8 cm³/mol. The van der Waals surface area contributed by atoms with Gasteiger partial charge in [-0.05, 0) is 24.6 Å². The molecule has 6 heteroatoms. The third kappa shape index (κ3) is 2.25. The monoisotopic (exact) mass is 232 g/mol. The highest BCUT2D eigenvalue weighted by molar-refractivity contribution is 6.05. The largest absolute Gasteiger partial charge is 0.507 e. The summed E-state index contributed by atoms with van der Waals surface area (Å²) < 4.78 is 1.43. The van der Waals surface area contributed by atoms with Gasteiger partial charge in [0.1, 0.15) is 12.1 Å². The number of aromatic hydroxyl groups is 1. The fourth-order valence-corrected chi connectivity index (χ4v) is 1.41. The van der Waals surface area contributed by atoms with Crippen LogP contribution in [0, 0.1) is 6.92 Å². The molecule has 1 heterocycles. The zero-order valence-electron chi connectivity index (χ0n) is 9.51. The fraction of sp³-hybridized carbons (Fsp3) is 0.182. The van der Waals surface area contributed by atoms with Gasteiger partial charge < -0.3 is 5.11 Å². The van der Waals surface area contributed by atoms with E-state index in [-0.39, 0.29) is 11.3 Å². The molecule has 6 nitrogen and oxygen atoms in total. The molecule has 0 saturated carbocycles. The molecule has 17 heavy (non-hydrogen) atoms. The van der Waals surface area contributed by atoms with E-state index in [1.54, 1.807) is 19.2 Å². The Hall–Kier alpha value is -2.37. The SMILES string of the molecule is Cc1ccc(C(=O)Nc2ncnn2C)c(O)c1. The molecule has 0 bridgehead atoms. The average molecular weight is 232 g/mol. The van der Waals surface area contributed by atoms with Gasteiger partial charge in [-0.25, -0.2) is 4.68 Å². The Morgan fingerprint density at radius 1 is 1.47 bits per heavy atom. The lowest BCUT2D eigenvalue weighted by molar-refractivity contribution is 0.102. The zero-order valence-corrected chi connectivity index (χ0v) is 9.51. The number of phenols is 1. The first-order valence-electron chi connectivity index (χ1n) is 5.03. The molecular weight excluding hydrogens is 220 g/mol. The van der Waals surface area contributed by atoms with Crippen LogP contribution in [-0.2, 0) is 7.05 Å². The number of benzene rings is 1. The van der Waals surface area contributed by atoms with Crippen molar-refractivity contribution in [3.05, 3.63) is 35.7 Å². The molecule has 0 aliphatic heterocycles. The maximum Gasteiger partial charge on any atom is 0.261 e. The van der Waals surface area contributed by atoms with Crippen LogP contribution in [0.1, 0.15) is 15.9 Å². The third-order valence-electron chi connectivity index (χ3n) is 2.33. The molecule has 2 aromatic rings. The van der Waals surface area contributed by atoms with Gasteiger partial charge in [0.25, 0.3) is 5.91 Å². The van der Waals surface area contributed by atoms with E-state index in [9.17, 15) is 9.90 Å². The first-order valence-corrected chi connectivity index (χ1v) is 5.03. The van der Waals surface area contributed by atoms with Crippen molar-refractivity contribution < 1.29 is 9.90 Å². The molecule has 0 saturated heterocycles. The fourth-order valence-electron chi connectivity index (χ4n) is 1.41. The van der Waals surface area contributed by atoms with Crippen LogP contribution in [0.15, 0.2) is 24.5 Å². The van der Waals surface area contributed by atoms with Crippen molar-refractivity contribution in [3.63, 3.8) is 0 Å². The van der Waals surface area contributed by atoms with Crippen LogP contribution in [0.25, 0.3) is 0 Å². The predicted octanol–water partition coefficient (Wildman–Crippen LogP) is 1.08. The van der Waals surface area contributed by atoms with Crippen molar-refractivity contribution in [2.75, 3.05) is 5.32 Å². The normalized spacial score (nSPS) is 10.2. The number of anilines is 1. The summed E-state index contributed by atoms with van der Waals surface area (Å²) in [5.74, 6) is -0.141. The minimum atomic E-state index is -0.418. The summed E-state index contributed by atoms with van der Waals surface area (Å²) in [6.07, 6.45) is 1.34. The van der Waals surface area contributed by atoms with Crippen LogP contribution in [-0.4, -0.2) is 25.8 Å². The Kier molecular flexibility index (Phi) is 2.78. The number of carbonyl (C=O) groups is 1. The smallest absolute Gasteiger partial charge is 0.261 e. The Morgan fingerprint density at radius 2 is 2.24 bits per heavy atom. The van der Waals surface area contributed by atoms with Crippen molar-refractivity contribution >= 4 is 11.9 Å².